The van der Waals surface area contributed by atoms with Crippen molar-refractivity contribution in [2.75, 3.05) is 25.4 Å². The second-order valence-corrected chi connectivity index (χ2v) is 11.0. The smallest absolute Gasteiger partial charge is 0.180 e. The van der Waals surface area contributed by atoms with Gasteiger partial charge in [0.2, 0.25) is 0 Å². The number of hydrogen-bond acceptors (Lipinski definition) is 4. The first-order valence-electron chi connectivity index (χ1n) is 12.9. The van der Waals surface area contributed by atoms with Crippen LogP contribution in [0.1, 0.15) is 95.8 Å². The van der Waals surface area contributed by atoms with Crippen LogP contribution in [0, 0.1) is 0 Å². The number of nitrogens with zero attached hydrogens (tertiary/aromatic N) is 2. The number of unbranched alkanes of at least 4 members (excludes halogenated alkanes) is 10. The van der Waals surface area contributed by atoms with Crippen molar-refractivity contribution in [3.8, 4) is 11.3 Å². The van der Waals surface area contributed by atoms with Gasteiger partial charge in [-0.05, 0) is 44.5 Å². The summed E-state index contributed by atoms with van der Waals surface area (Å²) in [6, 6.07) is 8.43. The largest absolute Gasteiger partial charge is 0.375 e. The average molecular weight is 596 g/mol. The highest BCUT2D eigenvalue weighted by Crippen LogP contribution is 2.31. The van der Waals surface area contributed by atoms with Crippen LogP contribution in [-0.4, -0.2) is 29.5 Å². The number of anilines is 1. The topological polar surface area (TPSA) is 42.1 Å². The van der Waals surface area contributed by atoms with E-state index in [0.717, 1.165) is 28.7 Å². The van der Waals surface area contributed by atoms with Gasteiger partial charge >= 0.3 is 0 Å². The molecule has 0 radical (unpaired) electrons. The molecule has 2 N–H and O–H groups in total. The van der Waals surface area contributed by atoms with Crippen LogP contribution in [-0.2, 0) is 6.42 Å². The Labute approximate surface area is 233 Å². The Morgan fingerprint density at radius 1 is 0.765 bits per heavy atom. The van der Waals surface area contributed by atoms with Crippen LogP contribution in [0.5, 0.6) is 0 Å². The van der Waals surface area contributed by atoms with Crippen molar-refractivity contribution in [3.05, 3.63) is 33.6 Å². The molecular formula is C27H46BrCl2N3S. The summed E-state index contributed by atoms with van der Waals surface area (Å²) in [5.74, 6) is 0. The molecule has 7 heteroatoms. The van der Waals surface area contributed by atoms with Gasteiger partial charge in [0, 0.05) is 21.5 Å². The van der Waals surface area contributed by atoms with E-state index < -0.39 is 0 Å². The van der Waals surface area contributed by atoms with Crippen molar-refractivity contribution >= 4 is 57.2 Å². The highest BCUT2D eigenvalue weighted by atomic mass is 79.9. The van der Waals surface area contributed by atoms with Crippen LogP contribution < -0.4 is 5.73 Å². The van der Waals surface area contributed by atoms with Gasteiger partial charge in [0.15, 0.2) is 5.13 Å². The minimum absolute atomic E-state index is 0. The first-order chi connectivity index (χ1) is 15.6. The fourth-order valence-corrected chi connectivity index (χ4v) is 5.31. The maximum Gasteiger partial charge on any atom is 0.180 e. The summed E-state index contributed by atoms with van der Waals surface area (Å²) in [6.45, 7) is 8.13. The first-order valence-corrected chi connectivity index (χ1v) is 14.5. The lowest BCUT2D eigenvalue weighted by atomic mass is 10.1. The lowest BCUT2D eigenvalue weighted by Gasteiger charge is -2.22. The lowest BCUT2D eigenvalue weighted by molar-refractivity contribution is 0.263. The molecule has 0 aliphatic rings. The summed E-state index contributed by atoms with van der Waals surface area (Å²) < 4.78 is 1.09. The van der Waals surface area contributed by atoms with Crippen molar-refractivity contribution in [1.29, 1.82) is 0 Å². The predicted molar refractivity (Wildman–Crippen MR) is 161 cm³/mol. The van der Waals surface area contributed by atoms with Gasteiger partial charge < -0.3 is 10.6 Å². The van der Waals surface area contributed by atoms with E-state index in [1.54, 1.807) is 11.3 Å². The van der Waals surface area contributed by atoms with Crippen molar-refractivity contribution in [2.45, 2.75) is 97.3 Å². The number of nitrogens with two attached hydrogens (primary N) is 1. The second-order valence-electron chi connectivity index (χ2n) is 8.96. The lowest BCUT2D eigenvalue weighted by Crippen LogP contribution is -2.28. The average Bonchev–Trinajstić information content (AvgIpc) is 3.17. The number of hydrogen-bond donors (Lipinski definition) is 1. The fraction of sp³-hybridized carbons (Fsp3) is 0.667. The molecule has 0 saturated carbocycles. The van der Waals surface area contributed by atoms with E-state index in [9.17, 15) is 0 Å². The Morgan fingerprint density at radius 3 is 1.79 bits per heavy atom. The standard InChI is InChI=1S/C27H44BrN3S.2ClH/c1-3-5-7-9-11-13-20-31(21-14-12-10-8-6-4-2)22-19-25-26(30-27(29)32-25)23-15-17-24(28)18-16-23;;/h15-18H,3-14,19-22H2,1-2H3,(H2,29,30);2*1H. The molecule has 0 spiro atoms. The summed E-state index contributed by atoms with van der Waals surface area (Å²) in [4.78, 5) is 8.67. The molecule has 34 heavy (non-hydrogen) atoms. The molecule has 196 valence electrons. The number of nitrogen functional groups attached to an aromatic ring is 1. The van der Waals surface area contributed by atoms with Crippen molar-refractivity contribution < 1.29 is 0 Å². The van der Waals surface area contributed by atoms with Crippen LogP contribution in [0.3, 0.4) is 0 Å². The zero-order valence-electron chi connectivity index (χ0n) is 21.2. The molecule has 0 aliphatic carbocycles. The second kappa shape index (κ2) is 20.8. The van der Waals surface area contributed by atoms with Gasteiger partial charge in [0.25, 0.3) is 0 Å². The van der Waals surface area contributed by atoms with Gasteiger partial charge in [0.1, 0.15) is 0 Å². The van der Waals surface area contributed by atoms with Gasteiger partial charge in [-0.1, -0.05) is 106 Å². The summed E-state index contributed by atoms with van der Waals surface area (Å²) in [6.07, 6.45) is 17.4. The van der Waals surface area contributed by atoms with Crippen molar-refractivity contribution in [3.63, 3.8) is 0 Å². The summed E-state index contributed by atoms with van der Waals surface area (Å²) in [7, 11) is 0. The van der Waals surface area contributed by atoms with Gasteiger partial charge in [-0.3, -0.25) is 0 Å². The summed E-state index contributed by atoms with van der Waals surface area (Å²) >= 11 is 5.19. The van der Waals surface area contributed by atoms with Crippen LogP contribution in [0.2, 0.25) is 0 Å². The molecule has 0 atom stereocenters. The molecule has 0 unspecified atom stereocenters. The Bertz CT molecular complexity index is 724. The molecule has 3 nitrogen and oxygen atoms in total. The maximum atomic E-state index is 6.11. The zero-order valence-corrected chi connectivity index (χ0v) is 25.2. The minimum Gasteiger partial charge on any atom is -0.375 e. The molecule has 1 heterocycles. The van der Waals surface area contributed by atoms with E-state index in [2.05, 4.69) is 63.9 Å². The monoisotopic (exact) mass is 593 g/mol. The number of thiazole rings is 1. The normalized spacial score (nSPS) is 10.8. The van der Waals surface area contributed by atoms with Gasteiger partial charge in [0.05, 0.1) is 5.69 Å². The molecule has 0 bridgehead atoms. The van der Waals surface area contributed by atoms with E-state index >= 15 is 0 Å². The van der Waals surface area contributed by atoms with Crippen molar-refractivity contribution in [1.82, 2.24) is 9.88 Å². The summed E-state index contributed by atoms with van der Waals surface area (Å²) in [5, 5.41) is 0.677. The fourth-order valence-electron chi connectivity index (χ4n) is 4.20. The Morgan fingerprint density at radius 2 is 1.26 bits per heavy atom. The molecule has 2 rings (SSSR count). The van der Waals surface area contributed by atoms with Crippen molar-refractivity contribution in [2.24, 2.45) is 0 Å². The zero-order chi connectivity index (χ0) is 23.0. The number of halogens is 3. The quantitative estimate of drug-likeness (QED) is 0.175. The Hall–Kier alpha value is -0.330. The number of aromatic nitrogens is 1. The van der Waals surface area contributed by atoms with E-state index in [-0.39, 0.29) is 24.8 Å². The van der Waals surface area contributed by atoms with E-state index in [4.69, 9.17) is 5.73 Å². The molecule has 1 aromatic heterocycles. The summed E-state index contributed by atoms with van der Waals surface area (Å²) in [5.41, 5.74) is 8.34. The molecule has 0 aliphatic heterocycles. The van der Waals surface area contributed by atoms with Gasteiger partial charge in [-0.15, -0.1) is 36.2 Å². The SMILES string of the molecule is CCCCCCCCN(CCCCCCCC)CCc1sc(N)nc1-c1ccc(Br)cc1.Cl.Cl. The van der Waals surface area contributed by atoms with Crippen LogP contribution >= 0.6 is 52.1 Å². The molecule has 0 saturated heterocycles. The van der Waals surface area contributed by atoms with Gasteiger partial charge in [-0.2, -0.15) is 0 Å². The highest BCUT2D eigenvalue weighted by Gasteiger charge is 2.14. The molecule has 0 fully saturated rings. The molecule has 2 aromatic rings. The van der Waals surface area contributed by atoms with Gasteiger partial charge in [-0.25, -0.2) is 4.98 Å². The maximum absolute atomic E-state index is 6.11. The Kier molecular flexibility index (Phi) is 20.6. The predicted octanol–water partition coefficient (Wildman–Crippen LogP) is 9.56. The van der Waals surface area contributed by atoms with E-state index in [0.29, 0.717) is 5.13 Å². The third-order valence-electron chi connectivity index (χ3n) is 6.14. The number of rotatable bonds is 18. The van der Waals surface area contributed by atoms with E-state index in [1.165, 1.54) is 95.0 Å². The van der Waals surface area contributed by atoms with E-state index in [1.807, 2.05) is 0 Å². The number of benzene rings is 1. The van der Waals surface area contributed by atoms with Crippen LogP contribution in [0.4, 0.5) is 5.13 Å². The van der Waals surface area contributed by atoms with Crippen LogP contribution in [0.15, 0.2) is 28.7 Å². The third kappa shape index (κ3) is 13.7. The highest BCUT2D eigenvalue weighted by molar-refractivity contribution is 9.10. The Balaban J connectivity index is 0.00000544. The molecule has 0 amide bonds. The minimum atomic E-state index is 0. The molecule has 1 aromatic carbocycles. The first kappa shape index (κ1) is 33.7. The molecular weight excluding hydrogens is 549 g/mol. The third-order valence-corrected chi connectivity index (χ3v) is 7.62. The van der Waals surface area contributed by atoms with Crippen LogP contribution in [0.25, 0.3) is 11.3 Å².